The van der Waals surface area contributed by atoms with E-state index in [9.17, 15) is 10.00 Å². The Hall–Kier alpha value is -1.52. The molecule has 1 aliphatic heterocycles. The number of nitrogens with one attached hydrogen (secondary N) is 1. The normalized spacial score (nSPS) is 18.6. The Bertz CT molecular complexity index is 894. The van der Waals surface area contributed by atoms with Gasteiger partial charge < -0.3 is 19.9 Å². The van der Waals surface area contributed by atoms with Crippen molar-refractivity contribution < 1.29 is 10.00 Å². The summed E-state index contributed by atoms with van der Waals surface area (Å²) in [5.74, 6) is 0. The molecule has 2 aromatic carbocycles. The van der Waals surface area contributed by atoms with E-state index >= 15 is 0 Å². The second kappa shape index (κ2) is 7.61. The monoisotopic (exact) mass is 386 g/mol. The molecule has 2 atom stereocenters. The Labute approximate surface area is 159 Å². The molecule has 1 aliphatic rings. The molecule has 1 fully saturated rings. The molecule has 2 heterocycles. The molecule has 0 aliphatic carbocycles. The van der Waals surface area contributed by atoms with E-state index in [2.05, 4.69) is 52.3 Å². The highest BCUT2D eigenvalue weighted by atomic mass is 32.2. The third-order valence-electron chi connectivity index (χ3n) is 4.78. The van der Waals surface area contributed by atoms with Gasteiger partial charge in [0.15, 0.2) is 0 Å². The molecule has 26 heavy (non-hydrogen) atoms. The Kier molecular flexibility index (Phi) is 5.23. The number of anilines is 1. The molecule has 136 valence electrons. The van der Waals surface area contributed by atoms with Crippen molar-refractivity contribution in [3.8, 4) is 11.1 Å². The highest BCUT2D eigenvalue weighted by Gasteiger charge is 2.20. The molecule has 1 aromatic heterocycles. The average Bonchev–Trinajstić information content (AvgIpc) is 3.26. The largest absolute Gasteiger partial charge is 0.391 e. The number of aliphatic hydroxyl groups excluding tert-OH is 1. The Morgan fingerprint density at radius 1 is 1.19 bits per heavy atom. The lowest BCUT2D eigenvalue weighted by Gasteiger charge is -2.18. The van der Waals surface area contributed by atoms with E-state index in [-0.39, 0.29) is 6.10 Å². The minimum absolute atomic E-state index is 0.204. The van der Waals surface area contributed by atoms with Gasteiger partial charge >= 0.3 is 0 Å². The van der Waals surface area contributed by atoms with Crippen molar-refractivity contribution >= 4 is 36.5 Å². The van der Waals surface area contributed by atoms with Gasteiger partial charge in [-0.25, -0.2) is 0 Å². The highest BCUT2D eigenvalue weighted by Crippen LogP contribution is 2.38. The number of H-pyrrole nitrogens is 1. The maximum atomic E-state index is 9.72. The van der Waals surface area contributed by atoms with Crippen molar-refractivity contribution in [2.24, 2.45) is 0 Å². The summed E-state index contributed by atoms with van der Waals surface area (Å²) >= 11 is 1.71. The first-order chi connectivity index (χ1) is 12.6. The molecule has 6 heteroatoms. The van der Waals surface area contributed by atoms with Crippen molar-refractivity contribution in [1.82, 2.24) is 4.98 Å². The smallest absolute Gasteiger partial charge is 0.0731 e. The number of hydrogen-bond donors (Lipinski definition) is 3. The van der Waals surface area contributed by atoms with Gasteiger partial charge in [-0.05, 0) is 48.5 Å². The summed E-state index contributed by atoms with van der Waals surface area (Å²) in [6.07, 6.45) is 2.67. The quantitative estimate of drug-likeness (QED) is 0.447. The number of aliphatic hydroxyl groups is 1. The fourth-order valence-electron chi connectivity index (χ4n) is 3.40. The van der Waals surface area contributed by atoms with E-state index in [1.165, 1.54) is 27.1 Å². The number of hydrogen-bond acceptors (Lipinski definition) is 4. The summed E-state index contributed by atoms with van der Waals surface area (Å²) in [5, 5.41) is 10.9. The number of aromatic nitrogens is 1. The van der Waals surface area contributed by atoms with E-state index in [0.717, 1.165) is 30.5 Å². The number of nitrogens with zero attached hydrogens (tertiary/aromatic N) is 1. The predicted octanol–water partition coefficient (Wildman–Crippen LogP) is 4.47. The van der Waals surface area contributed by atoms with E-state index in [0.29, 0.717) is 0 Å². The fourth-order valence-corrected chi connectivity index (χ4v) is 5.17. The van der Waals surface area contributed by atoms with E-state index < -0.39 is 8.15 Å². The molecular weight excluding hydrogens is 363 g/mol. The topological polar surface area (TPSA) is 59.5 Å². The molecule has 1 saturated heterocycles. The van der Waals surface area contributed by atoms with E-state index in [1.807, 2.05) is 12.9 Å². The van der Waals surface area contributed by atoms with Gasteiger partial charge in [0.25, 0.3) is 0 Å². The van der Waals surface area contributed by atoms with Crippen LogP contribution in [0.15, 0.2) is 53.6 Å². The molecule has 2 unspecified atom stereocenters. The van der Waals surface area contributed by atoms with Crippen LogP contribution in [0.1, 0.15) is 6.42 Å². The Morgan fingerprint density at radius 3 is 2.65 bits per heavy atom. The standard InChI is InChI=1S/C20H23N2O2PS/c1-25(24)13-26-20-11-21-19-7-4-15(10-18(19)20)14-2-5-16(6-3-14)22-9-8-17(23)12-22/h2-7,10-11,17,21,23-24H,8-9,12-13H2,1H3. The lowest BCUT2D eigenvalue weighted by Crippen LogP contribution is -2.20. The van der Waals surface area contributed by atoms with Crippen molar-refractivity contribution in [2.75, 3.05) is 30.1 Å². The van der Waals surface area contributed by atoms with Crippen molar-refractivity contribution in [3.63, 3.8) is 0 Å². The molecular formula is C20H23N2O2PS. The molecule has 0 radical (unpaired) electrons. The summed E-state index contributed by atoms with van der Waals surface area (Å²) in [5.41, 5.74) is 5.42. The molecule has 0 bridgehead atoms. The number of thioether (sulfide) groups is 1. The highest BCUT2D eigenvalue weighted by molar-refractivity contribution is 8.04. The van der Waals surface area contributed by atoms with Crippen LogP contribution in [0, 0.1) is 0 Å². The van der Waals surface area contributed by atoms with E-state index in [1.54, 1.807) is 11.8 Å². The van der Waals surface area contributed by atoms with Crippen molar-refractivity contribution in [3.05, 3.63) is 48.7 Å². The predicted molar refractivity (Wildman–Crippen MR) is 112 cm³/mol. The van der Waals surface area contributed by atoms with Crippen LogP contribution in [0.5, 0.6) is 0 Å². The van der Waals surface area contributed by atoms with Gasteiger partial charge in [-0.15, -0.1) is 11.8 Å². The molecule has 0 saturated carbocycles. The third-order valence-corrected chi connectivity index (χ3v) is 7.44. The first-order valence-electron chi connectivity index (χ1n) is 8.77. The van der Waals surface area contributed by atoms with Gasteiger partial charge in [0.1, 0.15) is 0 Å². The lowest BCUT2D eigenvalue weighted by molar-refractivity contribution is 0.198. The SMILES string of the molecule is CP(O)CSc1c[nH]c2ccc(-c3ccc(N4CCC(O)C4)cc3)cc12. The van der Waals surface area contributed by atoms with Crippen LogP contribution >= 0.6 is 19.9 Å². The summed E-state index contributed by atoms with van der Waals surface area (Å²) in [4.78, 5) is 16.3. The third kappa shape index (κ3) is 3.77. The zero-order chi connectivity index (χ0) is 18.1. The van der Waals surface area contributed by atoms with Gasteiger partial charge in [-0.2, -0.15) is 0 Å². The first kappa shape index (κ1) is 17.9. The summed E-state index contributed by atoms with van der Waals surface area (Å²) in [6, 6.07) is 15.1. The van der Waals surface area contributed by atoms with Crippen molar-refractivity contribution in [1.29, 1.82) is 0 Å². The van der Waals surface area contributed by atoms with Gasteiger partial charge in [0.2, 0.25) is 0 Å². The number of aromatic amines is 1. The van der Waals surface area contributed by atoms with Crippen LogP contribution in [-0.2, 0) is 0 Å². The maximum absolute atomic E-state index is 9.72. The number of β-amino-alcohol motifs (C(OH)–C–C–N with tert-alkyl or cyclic N) is 1. The van der Waals surface area contributed by atoms with Crippen LogP contribution in [0.2, 0.25) is 0 Å². The van der Waals surface area contributed by atoms with Gasteiger partial charge in [0.05, 0.1) is 6.10 Å². The number of benzene rings is 2. The molecule has 4 rings (SSSR count). The fraction of sp³-hybridized carbons (Fsp3) is 0.300. The zero-order valence-electron chi connectivity index (χ0n) is 14.7. The summed E-state index contributed by atoms with van der Waals surface area (Å²) < 4.78 is 0. The van der Waals surface area contributed by atoms with Crippen molar-refractivity contribution in [2.45, 2.75) is 17.4 Å². The van der Waals surface area contributed by atoms with E-state index in [4.69, 9.17) is 0 Å². The lowest BCUT2D eigenvalue weighted by atomic mass is 10.0. The van der Waals surface area contributed by atoms with Crippen LogP contribution in [0.25, 0.3) is 22.0 Å². The maximum Gasteiger partial charge on any atom is 0.0731 e. The van der Waals surface area contributed by atoms with Crippen LogP contribution in [-0.4, -0.2) is 46.3 Å². The molecule has 0 amide bonds. The molecule has 3 N–H and O–H groups in total. The second-order valence-corrected chi connectivity index (χ2v) is 9.86. The minimum atomic E-state index is -0.897. The zero-order valence-corrected chi connectivity index (χ0v) is 16.4. The average molecular weight is 386 g/mol. The van der Waals surface area contributed by atoms with Gasteiger partial charge in [0, 0.05) is 54.4 Å². The minimum Gasteiger partial charge on any atom is -0.391 e. The summed E-state index contributed by atoms with van der Waals surface area (Å²) in [7, 11) is -0.897. The van der Waals surface area contributed by atoms with Gasteiger partial charge in [-0.1, -0.05) is 18.2 Å². The number of fused-ring (bicyclic) bond motifs is 1. The molecule has 0 spiro atoms. The Balaban J connectivity index is 1.58. The summed E-state index contributed by atoms with van der Waals surface area (Å²) in [6.45, 7) is 3.52. The second-order valence-electron chi connectivity index (χ2n) is 6.78. The van der Waals surface area contributed by atoms with Crippen LogP contribution in [0.4, 0.5) is 5.69 Å². The molecule has 4 nitrogen and oxygen atoms in total. The number of rotatable bonds is 5. The first-order valence-corrected chi connectivity index (χ1v) is 11.7. The van der Waals surface area contributed by atoms with Crippen LogP contribution in [0.3, 0.4) is 0 Å². The molecule has 3 aromatic rings. The Morgan fingerprint density at radius 2 is 1.96 bits per heavy atom. The van der Waals surface area contributed by atoms with Gasteiger partial charge in [-0.3, -0.25) is 0 Å². The van der Waals surface area contributed by atoms with Crippen LogP contribution < -0.4 is 4.90 Å².